The van der Waals surface area contributed by atoms with Gasteiger partial charge in [-0.3, -0.25) is 9.59 Å². The normalized spacial score (nSPS) is 10.2. The van der Waals surface area contributed by atoms with Gasteiger partial charge in [-0.25, -0.2) is 13.8 Å². The van der Waals surface area contributed by atoms with Crippen LogP contribution in [0.1, 0.15) is 16.8 Å². The Balaban J connectivity index is 1.81. The van der Waals surface area contributed by atoms with Gasteiger partial charge in [0.25, 0.3) is 5.91 Å². The van der Waals surface area contributed by atoms with Crippen LogP contribution in [0.5, 0.6) is 0 Å². The van der Waals surface area contributed by atoms with E-state index >= 15 is 0 Å². The van der Waals surface area contributed by atoms with Crippen LogP contribution in [0.3, 0.4) is 0 Å². The number of amides is 2. The first-order chi connectivity index (χ1) is 11.0. The molecule has 2 rings (SSSR count). The van der Waals surface area contributed by atoms with Gasteiger partial charge in [0.15, 0.2) is 0 Å². The average molecular weight is 340 g/mol. The summed E-state index contributed by atoms with van der Waals surface area (Å²) in [5, 5.41) is 5.34. The van der Waals surface area contributed by atoms with Crippen molar-refractivity contribution in [3.05, 3.63) is 58.7 Å². The van der Waals surface area contributed by atoms with Crippen molar-refractivity contribution in [3.8, 4) is 0 Å². The van der Waals surface area contributed by atoms with Crippen molar-refractivity contribution in [2.24, 2.45) is 0 Å². The third-order valence-corrected chi connectivity index (χ3v) is 3.03. The molecule has 0 unspecified atom stereocenters. The molecule has 0 aliphatic rings. The second-order valence-corrected chi connectivity index (χ2v) is 4.98. The second-order valence-electron chi connectivity index (χ2n) is 4.54. The van der Waals surface area contributed by atoms with Crippen LogP contribution in [0.25, 0.3) is 0 Å². The molecule has 0 aliphatic carbocycles. The first-order valence-corrected chi connectivity index (χ1v) is 6.98. The topological polar surface area (TPSA) is 71.1 Å². The number of carbonyl (C=O) groups excluding carboxylic acids is 2. The molecule has 8 heteroatoms. The summed E-state index contributed by atoms with van der Waals surface area (Å²) in [6.07, 6.45) is 1.36. The van der Waals surface area contributed by atoms with Crippen molar-refractivity contribution >= 4 is 29.2 Å². The van der Waals surface area contributed by atoms with Crippen LogP contribution in [0, 0.1) is 11.6 Å². The van der Waals surface area contributed by atoms with Crippen molar-refractivity contribution in [1.82, 2.24) is 10.3 Å². The van der Waals surface area contributed by atoms with Crippen LogP contribution in [0.4, 0.5) is 14.6 Å². The average Bonchev–Trinajstić information content (AvgIpc) is 2.49. The van der Waals surface area contributed by atoms with Crippen LogP contribution >= 0.6 is 11.6 Å². The fraction of sp³-hybridized carbons (Fsp3) is 0.133. The molecular weight excluding hydrogens is 328 g/mol. The predicted molar refractivity (Wildman–Crippen MR) is 81.2 cm³/mol. The molecule has 1 heterocycles. The molecule has 0 aliphatic heterocycles. The minimum atomic E-state index is -0.961. The zero-order valence-corrected chi connectivity index (χ0v) is 12.5. The maximum atomic E-state index is 13.4. The van der Waals surface area contributed by atoms with Crippen LogP contribution < -0.4 is 10.6 Å². The summed E-state index contributed by atoms with van der Waals surface area (Å²) >= 11 is 5.67. The second kappa shape index (κ2) is 7.64. The van der Waals surface area contributed by atoms with Crippen LogP contribution in [0.15, 0.2) is 36.5 Å². The standard InChI is InChI=1S/C15H12ClF2N3O2/c16-9-1-4-13(20-8-9)21-14(22)5-6-19-15(23)11-3-2-10(17)7-12(11)18/h1-4,7-8H,5-6H2,(H,19,23)(H,20,21,22). The Labute approximate surface area is 135 Å². The zero-order chi connectivity index (χ0) is 16.8. The Morgan fingerprint density at radius 2 is 1.96 bits per heavy atom. The Morgan fingerprint density at radius 1 is 1.17 bits per heavy atom. The number of nitrogens with one attached hydrogen (secondary N) is 2. The van der Waals surface area contributed by atoms with Gasteiger partial charge in [0.05, 0.1) is 10.6 Å². The van der Waals surface area contributed by atoms with E-state index in [4.69, 9.17) is 11.6 Å². The lowest BCUT2D eigenvalue weighted by molar-refractivity contribution is -0.116. The van der Waals surface area contributed by atoms with Gasteiger partial charge in [-0.15, -0.1) is 0 Å². The van der Waals surface area contributed by atoms with Crippen molar-refractivity contribution in [3.63, 3.8) is 0 Å². The van der Waals surface area contributed by atoms with Crippen LogP contribution in [0.2, 0.25) is 5.02 Å². The highest BCUT2D eigenvalue weighted by Crippen LogP contribution is 2.10. The molecule has 23 heavy (non-hydrogen) atoms. The van der Waals surface area contributed by atoms with Crippen molar-refractivity contribution < 1.29 is 18.4 Å². The smallest absolute Gasteiger partial charge is 0.254 e. The van der Waals surface area contributed by atoms with Gasteiger partial charge in [-0.05, 0) is 24.3 Å². The fourth-order valence-corrected chi connectivity index (χ4v) is 1.83. The summed E-state index contributed by atoms with van der Waals surface area (Å²) in [7, 11) is 0. The Morgan fingerprint density at radius 3 is 2.61 bits per heavy atom. The number of rotatable bonds is 5. The Kier molecular flexibility index (Phi) is 5.59. The third-order valence-electron chi connectivity index (χ3n) is 2.81. The summed E-state index contributed by atoms with van der Waals surface area (Å²) in [4.78, 5) is 27.3. The molecule has 120 valence electrons. The predicted octanol–water partition coefficient (Wildman–Crippen LogP) is 2.77. The molecule has 0 fully saturated rings. The quantitative estimate of drug-likeness (QED) is 0.880. The molecule has 0 radical (unpaired) electrons. The number of halogens is 3. The number of aromatic nitrogens is 1. The molecular formula is C15H12ClF2N3O2. The Hall–Kier alpha value is -2.54. The molecule has 0 spiro atoms. The lowest BCUT2D eigenvalue weighted by atomic mass is 10.2. The van der Waals surface area contributed by atoms with Gasteiger partial charge >= 0.3 is 0 Å². The number of carbonyl (C=O) groups is 2. The maximum absolute atomic E-state index is 13.4. The largest absolute Gasteiger partial charge is 0.351 e. The molecule has 0 bridgehead atoms. The highest BCUT2D eigenvalue weighted by molar-refractivity contribution is 6.30. The van der Waals surface area contributed by atoms with Crippen molar-refractivity contribution in [2.75, 3.05) is 11.9 Å². The van der Waals surface area contributed by atoms with Crippen molar-refractivity contribution in [2.45, 2.75) is 6.42 Å². The van der Waals surface area contributed by atoms with E-state index in [0.29, 0.717) is 16.9 Å². The first-order valence-electron chi connectivity index (χ1n) is 6.60. The van der Waals surface area contributed by atoms with Gasteiger partial charge < -0.3 is 10.6 Å². The summed E-state index contributed by atoms with van der Waals surface area (Å²) in [5.74, 6) is -2.50. The lowest BCUT2D eigenvalue weighted by Gasteiger charge is -2.07. The van der Waals surface area contributed by atoms with Gasteiger partial charge in [-0.2, -0.15) is 0 Å². The number of anilines is 1. The lowest BCUT2D eigenvalue weighted by Crippen LogP contribution is -2.28. The van der Waals surface area contributed by atoms with E-state index in [1.807, 2.05) is 0 Å². The highest BCUT2D eigenvalue weighted by atomic mass is 35.5. The molecule has 1 aromatic carbocycles. The summed E-state index contributed by atoms with van der Waals surface area (Å²) in [5.41, 5.74) is -0.286. The fourth-order valence-electron chi connectivity index (χ4n) is 1.71. The summed E-state index contributed by atoms with van der Waals surface area (Å²) in [6, 6.07) is 5.75. The number of hydrogen-bond acceptors (Lipinski definition) is 3. The van der Waals surface area contributed by atoms with Crippen LogP contribution in [-0.2, 0) is 4.79 Å². The number of nitrogens with zero attached hydrogens (tertiary/aromatic N) is 1. The van der Waals surface area contributed by atoms with E-state index in [9.17, 15) is 18.4 Å². The summed E-state index contributed by atoms with van der Waals surface area (Å²) < 4.78 is 26.2. The number of benzene rings is 1. The zero-order valence-electron chi connectivity index (χ0n) is 11.8. The molecule has 2 aromatic rings. The van der Waals surface area contributed by atoms with Crippen LogP contribution in [-0.4, -0.2) is 23.3 Å². The minimum absolute atomic E-state index is 0.00489. The van der Waals surface area contributed by atoms with E-state index in [2.05, 4.69) is 15.6 Å². The molecule has 1 aromatic heterocycles. The molecule has 0 saturated heterocycles. The number of hydrogen-bond donors (Lipinski definition) is 2. The van der Waals surface area contributed by atoms with Crippen molar-refractivity contribution in [1.29, 1.82) is 0 Å². The van der Waals surface area contributed by atoms with Gasteiger partial charge in [0, 0.05) is 25.2 Å². The van der Waals surface area contributed by atoms with E-state index in [1.165, 1.54) is 12.3 Å². The van der Waals surface area contributed by atoms with E-state index in [0.717, 1.165) is 12.1 Å². The number of pyridine rings is 1. The molecule has 0 atom stereocenters. The van der Waals surface area contributed by atoms with Gasteiger partial charge in [-0.1, -0.05) is 11.6 Å². The molecule has 5 nitrogen and oxygen atoms in total. The minimum Gasteiger partial charge on any atom is -0.351 e. The molecule has 0 saturated carbocycles. The monoisotopic (exact) mass is 339 g/mol. The van der Waals surface area contributed by atoms with Gasteiger partial charge in [0.1, 0.15) is 17.5 Å². The van der Waals surface area contributed by atoms with E-state index in [1.54, 1.807) is 6.07 Å². The summed E-state index contributed by atoms with van der Waals surface area (Å²) in [6.45, 7) is -0.00489. The third kappa shape index (κ3) is 5.00. The molecule has 2 amide bonds. The van der Waals surface area contributed by atoms with E-state index in [-0.39, 0.29) is 24.4 Å². The van der Waals surface area contributed by atoms with Gasteiger partial charge in [0.2, 0.25) is 5.91 Å². The molecule has 2 N–H and O–H groups in total. The highest BCUT2D eigenvalue weighted by Gasteiger charge is 2.12. The SMILES string of the molecule is O=C(CCNC(=O)c1ccc(F)cc1F)Nc1ccc(Cl)cn1. The van der Waals surface area contributed by atoms with E-state index < -0.39 is 17.5 Å². The first kappa shape index (κ1) is 16.8. The maximum Gasteiger partial charge on any atom is 0.254 e. The Bertz CT molecular complexity index is 723.